The zero-order valence-corrected chi connectivity index (χ0v) is 11.7. The maximum Gasteiger partial charge on any atom is 0.434 e. The molecule has 0 fully saturated rings. The van der Waals surface area contributed by atoms with Crippen LogP contribution in [0.3, 0.4) is 0 Å². The van der Waals surface area contributed by atoms with Crippen LogP contribution in [0.2, 0.25) is 5.02 Å². The first-order valence-corrected chi connectivity index (χ1v) is 6.59. The summed E-state index contributed by atoms with van der Waals surface area (Å²) >= 11 is 5.82. The van der Waals surface area contributed by atoms with Gasteiger partial charge in [-0.15, -0.1) is 0 Å². The van der Waals surface area contributed by atoms with Crippen LogP contribution in [-0.4, -0.2) is 30.4 Å². The molecule has 1 atom stereocenters. The molecule has 0 spiro atoms. The summed E-state index contributed by atoms with van der Waals surface area (Å²) in [7, 11) is 0. The van der Waals surface area contributed by atoms with E-state index in [0.717, 1.165) is 6.07 Å². The topological polar surface area (TPSA) is 50.8 Å². The van der Waals surface area contributed by atoms with Crippen molar-refractivity contribution >= 4 is 23.4 Å². The van der Waals surface area contributed by atoms with Gasteiger partial charge < -0.3 is 14.4 Å². The highest BCUT2D eigenvalue weighted by molar-refractivity contribution is 6.30. The van der Waals surface area contributed by atoms with Gasteiger partial charge in [0.1, 0.15) is 6.26 Å². The van der Waals surface area contributed by atoms with Crippen molar-refractivity contribution < 1.29 is 27.4 Å². The molecule has 5 nitrogen and oxygen atoms in total. The molecule has 1 amide bonds. The van der Waals surface area contributed by atoms with Crippen LogP contribution in [-0.2, 0) is 15.1 Å². The van der Waals surface area contributed by atoms with Crippen molar-refractivity contribution in [1.82, 2.24) is 4.90 Å². The predicted molar refractivity (Wildman–Crippen MR) is 71.1 cm³/mol. The van der Waals surface area contributed by atoms with Crippen LogP contribution < -0.4 is 5.32 Å². The molecule has 1 N–H and O–H groups in total. The largest absolute Gasteiger partial charge is 0.479 e. The van der Waals surface area contributed by atoms with Crippen LogP contribution in [0.1, 0.15) is 5.56 Å². The van der Waals surface area contributed by atoms with Gasteiger partial charge >= 0.3 is 12.3 Å². The number of alkyl halides is 3. The fourth-order valence-corrected chi connectivity index (χ4v) is 2.59. The molecule has 0 saturated heterocycles. The van der Waals surface area contributed by atoms with Gasteiger partial charge in [0.2, 0.25) is 0 Å². The second kappa shape index (κ2) is 4.98. The molecule has 0 bridgehead atoms. The SMILES string of the molecule is O=C1Nc2ccc(Cl)cc2C(CN2C=COC2)(C(F)(F)F)O1. The molecule has 0 aromatic heterocycles. The van der Waals surface area contributed by atoms with Gasteiger partial charge in [-0.2, -0.15) is 13.2 Å². The summed E-state index contributed by atoms with van der Waals surface area (Å²) in [4.78, 5) is 12.9. The Kier molecular flexibility index (Phi) is 3.36. The lowest BCUT2D eigenvalue weighted by Gasteiger charge is -2.41. The van der Waals surface area contributed by atoms with E-state index in [-0.39, 0.29) is 23.0 Å². The van der Waals surface area contributed by atoms with E-state index in [1.807, 2.05) is 0 Å². The molecule has 2 aliphatic heterocycles. The maximum absolute atomic E-state index is 13.8. The number of cyclic esters (lactones) is 1. The first-order chi connectivity index (χ1) is 10.3. The van der Waals surface area contributed by atoms with Gasteiger partial charge in [-0.05, 0) is 18.2 Å². The number of carbonyl (C=O) groups excluding carboxylic acids is 1. The molecule has 0 radical (unpaired) electrons. The van der Waals surface area contributed by atoms with Crippen LogP contribution >= 0.6 is 11.6 Å². The Morgan fingerprint density at radius 3 is 2.82 bits per heavy atom. The van der Waals surface area contributed by atoms with Crippen molar-refractivity contribution in [3.05, 3.63) is 41.2 Å². The standard InChI is InChI=1S/C13H10ClF3N2O3/c14-8-1-2-10-9(5-8)12(13(15,16)17,22-11(20)18-10)6-19-3-4-21-7-19/h1-5H,6-7H2,(H,18,20). The summed E-state index contributed by atoms with van der Waals surface area (Å²) in [5.74, 6) is 0. The lowest BCUT2D eigenvalue weighted by Crippen LogP contribution is -2.55. The first kappa shape index (κ1) is 14.8. The van der Waals surface area contributed by atoms with Crippen LogP contribution in [0.4, 0.5) is 23.7 Å². The third-order valence-corrected chi connectivity index (χ3v) is 3.65. The second-order valence-corrected chi connectivity index (χ2v) is 5.29. The Bertz CT molecular complexity index is 650. The van der Waals surface area contributed by atoms with E-state index in [4.69, 9.17) is 21.1 Å². The number of nitrogens with zero attached hydrogens (tertiary/aromatic N) is 1. The van der Waals surface area contributed by atoms with E-state index >= 15 is 0 Å². The van der Waals surface area contributed by atoms with Crippen LogP contribution in [0.25, 0.3) is 0 Å². The molecular weight excluding hydrogens is 325 g/mol. The number of rotatable bonds is 2. The number of halogens is 4. The molecule has 2 aliphatic rings. The normalized spacial score (nSPS) is 23.6. The number of ether oxygens (including phenoxy) is 2. The summed E-state index contributed by atoms with van der Waals surface area (Å²) in [6, 6.07) is 3.85. The quantitative estimate of drug-likeness (QED) is 0.900. The molecule has 3 rings (SSSR count). The zero-order chi connectivity index (χ0) is 16.0. The van der Waals surface area contributed by atoms with Crippen LogP contribution in [0.5, 0.6) is 0 Å². The Morgan fingerprint density at radius 2 is 2.18 bits per heavy atom. The molecule has 118 valence electrons. The number of anilines is 1. The second-order valence-electron chi connectivity index (χ2n) is 4.86. The van der Waals surface area contributed by atoms with Crippen LogP contribution in [0, 0.1) is 0 Å². The number of carbonyl (C=O) groups is 1. The minimum absolute atomic E-state index is 0.0158. The molecule has 22 heavy (non-hydrogen) atoms. The first-order valence-electron chi connectivity index (χ1n) is 6.21. The number of hydrogen-bond acceptors (Lipinski definition) is 4. The van der Waals surface area contributed by atoms with Crippen LogP contribution in [0.15, 0.2) is 30.7 Å². The van der Waals surface area contributed by atoms with Crippen molar-refractivity contribution in [3.8, 4) is 0 Å². The van der Waals surface area contributed by atoms with E-state index in [2.05, 4.69) is 5.32 Å². The molecular formula is C13H10ClF3N2O3. The highest BCUT2D eigenvalue weighted by Gasteiger charge is 2.63. The lowest BCUT2D eigenvalue weighted by molar-refractivity contribution is -0.268. The van der Waals surface area contributed by atoms with Gasteiger partial charge in [-0.1, -0.05) is 11.6 Å². The number of fused-ring (bicyclic) bond motifs is 1. The van der Waals surface area contributed by atoms with Gasteiger partial charge in [-0.25, -0.2) is 4.79 Å². The third-order valence-electron chi connectivity index (χ3n) is 3.41. The monoisotopic (exact) mass is 334 g/mol. The van der Waals surface area contributed by atoms with E-state index in [0.29, 0.717) is 0 Å². The Hall–Kier alpha value is -2.09. The summed E-state index contributed by atoms with van der Waals surface area (Å²) in [6.45, 7) is -0.688. The minimum atomic E-state index is -4.83. The average molecular weight is 335 g/mol. The average Bonchev–Trinajstić information content (AvgIpc) is 2.91. The number of benzene rings is 1. The van der Waals surface area contributed by atoms with E-state index in [1.54, 1.807) is 0 Å². The van der Waals surface area contributed by atoms with Crippen molar-refractivity contribution in [2.24, 2.45) is 0 Å². The summed E-state index contributed by atoms with van der Waals surface area (Å²) in [5.41, 5.74) is -3.05. The molecule has 2 heterocycles. The third kappa shape index (κ3) is 2.33. The fourth-order valence-electron chi connectivity index (χ4n) is 2.42. The number of amides is 1. The van der Waals surface area contributed by atoms with Crippen molar-refractivity contribution in [1.29, 1.82) is 0 Å². The maximum atomic E-state index is 13.8. The molecule has 9 heteroatoms. The van der Waals surface area contributed by atoms with Gasteiger partial charge in [0.25, 0.3) is 5.60 Å². The smallest absolute Gasteiger partial charge is 0.434 e. The molecule has 0 aliphatic carbocycles. The van der Waals surface area contributed by atoms with Gasteiger partial charge in [-0.3, -0.25) is 5.32 Å². The van der Waals surface area contributed by atoms with E-state index < -0.39 is 24.4 Å². The summed E-state index contributed by atoms with van der Waals surface area (Å²) in [6.07, 6.45) is -3.38. The Labute approximate surface area is 128 Å². The van der Waals surface area contributed by atoms with Crippen molar-refractivity contribution in [2.75, 3.05) is 18.6 Å². The highest BCUT2D eigenvalue weighted by Crippen LogP contribution is 2.48. The Balaban J connectivity index is 2.14. The number of hydrogen-bond donors (Lipinski definition) is 1. The molecule has 0 saturated carbocycles. The summed E-state index contributed by atoms with van der Waals surface area (Å²) in [5, 5.41) is 2.36. The molecule has 1 aromatic rings. The lowest BCUT2D eigenvalue weighted by atomic mass is 9.89. The number of nitrogens with one attached hydrogen (secondary N) is 1. The van der Waals surface area contributed by atoms with Gasteiger partial charge in [0.05, 0.1) is 12.2 Å². The fraction of sp³-hybridized carbons (Fsp3) is 0.308. The molecule has 1 unspecified atom stereocenters. The summed E-state index contributed by atoms with van der Waals surface area (Å²) < 4.78 is 51.0. The van der Waals surface area contributed by atoms with E-state index in [9.17, 15) is 18.0 Å². The van der Waals surface area contributed by atoms with Crippen molar-refractivity contribution in [3.63, 3.8) is 0 Å². The zero-order valence-electron chi connectivity index (χ0n) is 11.0. The van der Waals surface area contributed by atoms with Gasteiger partial charge in [0.15, 0.2) is 6.73 Å². The Morgan fingerprint density at radius 1 is 1.41 bits per heavy atom. The molecule has 1 aromatic carbocycles. The van der Waals surface area contributed by atoms with E-state index in [1.165, 1.54) is 29.5 Å². The van der Waals surface area contributed by atoms with Crippen molar-refractivity contribution in [2.45, 2.75) is 11.8 Å². The predicted octanol–water partition coefficient (Wildman–Crippen LogP) is 3.42. The highest BCUT2D eigenvalue weighted by atomic mass is 35.5. The minimum Gasteiger partial charge on any atom is -0.479 e. The van der Waals surface area contributed by atoms with Gasteiger partial charge in [0, 0.05) is 16.8 Å².